The van der Waals surface area contributed by atoms with Crippen LogP contribution in [0.1, 0.15) is 55.3 Å². The second-order valence-electron chi connectivity index (χ2n) is 9.51. The normalized spacial score (nSPS) is 15.9. The van der Waals surface area contributed by atoms with Gasteiger partial charge in [0.2, 0.25) is 0 Å². The first-order valence-electron chi connectivity index (χ1n) is 11.6. The van der Waals surface area contributed by atoms with Crippen LogP contribution in [-0.2, 0) is 12.2 Å². The SMILES string of the molecule is CC1=CN(C)C(c2nc(C(C)(C)O)ncc2C)C=C1n1c(C)cc(OCc2ncncc2F)c(Cl)c1=O. The van der Waals surface area contributed by atoms with E-state index >= 15 is 0 Å². The molecule has 0 saturated carbocycles. The molecule has 0 amide bonds. The van der Waals surface area contributed by atoms with E-state index in [1.807, 2.05) is 38.1 Å². The number of aromatic nitrogens is 5. The molecule has 1 unspecified atom stereocenters. The molecule has 1 aliphatic heterocycles. The van der Waals surface area contributed by atoms with E-state index in [0.717, 1.165) is 17.3 Å². The van der Waals surface area contributed by atoms with E-state index in [0.29, 0.717) is 22.9 Å². The molecule has 0 fully saturated rings. The van der Waals surface area contributed by atoms with E-state index in [1.54, 1.807) is 33.0 Å². The minimum Gasteiger partial charge on any atom is -0.485 e. The second kappa shape index (κ2) is 10.0. The summed E-state index contributed by atoms with van der Waals surface area (Å²) in [5.74, 6) is -0.174. The van der Waals surface area contributed by atoms with Gasteiger partial charge in [0.15, 0.2) is 11.6 Å². The van der Waals surface area contributed by atoms with Gasteiger partial charge in [-0.15, -0.1) is 0 Å². The molecule has 4 heterocycles. The van der Waals surface area contributed by atoms with Gasteiger partial charge in [-0.2, -0.15) is 0 Å². The van der Waals surface area contributed by atoms with Crippen LogP contribution in [0.4, 0.5) is 4.39 Å². The zero-order valence-corrected chi connectivity index (χ0v) is 22.2. The van der Waals surface area contributed by atoms with Gasteiger partial charge < -0.3 is 14.7 Å². The maximum Gasteiger partial charge on any atom is 0.277 e. The Morgan fingerprint density at radius 2 is 1.95 bits per heavy atom. The fourth-order valence-electron chi connectivity index (χ4n) is 4.10. The summed E-state index contributed by atoms with van der Waals surface area (Å²) in [7, 11) is 1.92. The van der Waals surface area contributed by atoms with Gasteiger partial charge in [0.05, 0.1) is 23.6 Å². The summed E-state index contributed by atoms with van der Waals surface area (Å²) in [5, 5.41) is 10.3. The summed E-state index contributed by atoms with van der Waals surface area (Å²) in [4.78, 5) is 31.8. The minimum absolute atomic E-state index is 0.0539. The maximum absolute atomic E-state index is 13.9. The van der Waals surface area contributed by atoms with Gasteiger partial charge in [-0.05, 0) is 51.8 Å². The van der Waals surface area contributed by atoms with Crippen molar-refractivity contribution in [3.8, 4) is 5.75 Å². The molecule has 0 aromatic carbocycles. The largest absolute Gasteiger partial charge is 0.485 e. The van der Waals surface area contributed by atoms with E-state index < -0.39 is 17.0 Å². The number of nitrogens with zero attached hydrogens (tertiary/aromatic N) is 6. The molecule has 4 rings (SSSR count). The lowest BCUT2D eigenvalue weighted by Crippen LogP contribution is -2.30. The zero-order valence-electron chi connectivity index (χ0n) is 21.5. The standard InChI is InChI=1S/C26H28ClFN6O3/c1-14-9-30-25(26(4,5)36)32-23(14)20-8-19(15(2)11-33(20)6)34-16(3)7-21(22(27)24(34)35)37-12-18-17(28)10-29-13-31-18/h7-11,13,20,36H,12H2,1-6H3. The molecule has 9 nitrogen and oxygen atoms in total. The van der Waals surface area contributed by atoms with Crippen LogP contribution < -0.4 is 10.3 Å². The number of aliphatic hydroxyl groups is 1. The quantitative estimate of drug-likeness (QED) is 0.512. The third kappa shape index (κ3) is 5.26. The summed E-state index contributed by atoms with van der Waals surface area (Å²) < 4.78 is 21.0. The predicted molar refractivity (Wildman–Crippen MR) is 137 cm³/mol. The van der Waals surface area contributed by atoms with Gasteiger partial charge >= 0.3 is 0 Å². The topological polar surface area (TPSA) is 106 Å². The molecule has 0 spiro atoms. The number of aryl methyl sites for hydroxylation is 2. The molecule has 1 atom stereocenters. The average molecular weight is 527 g/mol. The van der Waals surface area contributed by atoms with Gasteiger partial charge in [-0.1, -0.05) is 11.6 Å². The number of ether oxygens (including phenoxy) is 1. The lowest BCUT2D eigenvalue weighted by Gasteiger charge is -2.32. The van der Waals surface area contributed by atoms with Crippen molar-refractivity contribution in [3.63, 3.8) is 0 Å². The highest BCUT2D eigenvalue weighted by Crippen LogP contribution is 2.34. The van der Waals surface area contributed by atoms with Crippen LogP contribution >= 0.6 is 11.6 Å². The molecule has 1 N–H and O–H groups in total. The Labute approximate surface area is 219 Å². The molecular weight excluding hydrogens is 499 g/mol. The smallest absolute Gasteiger partial charge is 0.277 e. The Balaban J connectivity index is 1.75. The number of allylic oxidation sites excluding steroid dienone is 2. The van der Waals surface area contributed by atoms with Crippen molar-refractivity contribution < 1.29 is 14.2 Å². The molecule has 11 heteroatoms. The number of rotatable bonds is 6. The molecule has 3 aromatic rings. The van der Waals surface area contributed by atoms with Crippen molar-refractivity contribution in [3.05, 3.63) is 92.3 Å². The van der Waals surface area contributed by atoms with Gasteiger partial charge in [0.1, 0.15) is 35.0 Å². The Hall–Kier alpha value is -3.63. The summed E-state index contributed by atoms with van der Waals surface area (Å²) in [6, 6.07) is 1.30. The average Bonchev–Trinajstić information content (AvgIpc) is 2.82. The molecular formula is C26H28ClFN6O3. The second-order valence-corrected chi connectivity index (χ2v) is 9.88. The van der Waals surface area contributed by atoms with Gasteiger partial charge in [-0.3, -0.25) is 9.36 Å². The molecule has 1 aliphatic rings. The third-order valence-corrected chi connectivity index (χ3v) is 6.39. The van der Waals surface area contributed by atoms with Crippen LogP contribution in [0.5, 0.6) is 5.75 Å². The van der Waals surface area contributed by atoms with Crippen molar-refractivity contribution in [1.29, 1.82) is 0 Å². The van der Waals surface area contributed by atoms with Crippen LogP contribution in [0.15, 0.2) is 47.4 Å². The van der Waals surface area contributed by atoms with Crippen molar-refractivity contribution in [1.82, 2.24) is 29.4 Å². The Morgan fingerprint density at radius 3 is 2.62 bits per heavy atom. The van der Waals surface area contributed by atoms with Crippen molar-refractivity contribution in [2.75, 3.05) is 7.05 Å². The third-order valence-electron chi connectivity index (χ3n) is 6.04. The molecule has 0 saturated heterocycles. The summed E-state index contributed by atoms with van der Waals surface area (Å²) >= 11 is 6.43. The Bertz CT molecular complexity index is 1480. The minimum atomic E-state index is -1.21. The van der Waals surface area contributed by atoms with Crippen LogP contribution in [0.3, 0.4) is 0 Å². The van der Waals surface area contributed by atoms with Crippen LogP contribution in [0.25, 0.3) is 5.70 Å². The number of halogens is 2. The molecule has 37 heavy (non-hydrogen) atoms. The highest BCUT2D eigenvalue weighted by Gasteiger charge is 2.28. The van der Waals surface area contributed by atoms with Crippen LogP contribution in [-0.4, -0.2) is 41.6 Å². The molecule has 0 radical (unpaired) electrons. The van der Waals surface area contributed by atoms with E-state index in [9.17, 15) is 14.3 Å². The Kier molecular flexibility index (Phi) is 7.16. The maximum atomic E-state index is 13.9. The highest BCUT2D eigenvalue weighted by atomic mass is 35.5. The molecule has 0 bridgehead atoms. The molecule has 0 aliphatic carbocycles. The first-order valence-corrected chi connectivity index (χ1v) is 11.9. The number of pyridine rings is 1. The fraction of sp³-hybridized carbons (Fsp3) is 0.346. The lowest BCUT2D eigenvalue weighted by atomic mass is 10.00. The van der Waals surface area contributed by atoms with Crippen molar-refractivity contribution in [2.45, 2.75) is 52.9 Å². The van der Waals surface area contributed by atoms with Gasteiger partial charge in [0.25, 0.3) is 5.56 Å². The van der Waals surface area contributed by atoms with Crippen LogP contribution in [0.2, 0.25) is 5.02 Å². The number of hydrogen-bond donors (Lipinski definition) is 1. The van der Waals surface area contributed by atoms with Gasteiger partial charge in [-0.25, -0.2) is 24.3 Å². The van der Waals surface area contributed by atoms with E-state index in [4.69, 9.17) is 16.3 Å². The number of hydrogen-bond acceptors (Lipinski definition) is 8. The molecule has 194 valence electrons. The van der Waals surface area contributed by atoms with Gasteiger partial charge in [0, 0.05) is 31.2 Å². The monoisotopic (exact) mass is 526 g/mol. The predicted octanol–water partition coefficient (Wildman–Crippen LogP) is 4.08. The summed E-state index contributed by atoms with van der Waals surface area (Å²) in [6.45, 7) is 8.62. The van der Waals surface area contributed by atoms with E-state index in [1.165, 1.54) is 10.9 Å². The van der Waals surface area contributed by atoms with Crippen molar-refractivity contribution in [2.24, 2.45) is 0 Å². The zero-order chi connectivity index (χ0) is 27.1. The summed E-state index contributed by atoms with van der Waals surface area (Å²) in [6.07, 6.45) is 7.80. The highest BCUT2D eigenvalue weighted by molar-refractivity contribution is 6.31. The fourth-order valence-corrected chi connectivity index (χ4v) is 4.29. The lowest BCUT2D eigenvalue weighted by molar-refractivity contribution is 0.0681. The van der Waals surface area contributed by atoms with E-state index in [-0.39, 0.29) is 29.1 Å². The van der Waals surface area contributed by atoms with Crippen molar-refractivity contribution >= 4 is 17.3 Å². The summed E-state index contributed by atoms with van der Waals surface area (Å²) in [5.41, 5.74) is 1.98. The first-order chi connectivity index (χ1) is 17.4. The Morgan fingerprint density at radius 1 is 1.22 bits per heavy atom. The van der Waals surface area contributed by atoms with E-state index in [2.05, 4.69) is 19.9 Å². The molecule has 3 aromatic heterocycles. The van der Waals surface area contributed by atoms with Crippen LogP contribution in [0, 0.1) is 19.7 Å². The number of likely N-dealkylation sites (N-methyl/N-ethyl adjacent to an activating group) is 1. The first kappa shape index (κ1) is 26.4.